The number of aromatic amines is 1. The summed E-state index contributed by atoms with van der Waals surface area (Å²) >= 11 is 0. The lowest BCUT2D eigenvalue weighted by molar-refractivity contribution is -0.142. The highest BCUT2D eigenvalue weighted by atomic mass is 35.5. The number of para-hydroxylation sites is 1. The predicted molar refractivity (Wildman–Crippen MR) is 100 cm³/mol. The van der Waals surface area contributed by atoms with Crippen molar-refractivity contribution in [2.75, 3.05) is 7.11 Å². The molecule has 0 aliphatic heterocycles. The number of esters is 1. The molecule has 1 unspecified atom stereocenters. The Morgan fingerprint density at radius 3 is 2.64 bits per heavy atom. The number of nitrogens with one attached hydrogen (secondary N) is 1. The quantitative estimate of drug-likeness (QED) is 0.662. The van der Waals surface area contributed by atoms with Crippen LogP contribution in [-0.4, -0.2) is 24.1 Å². The van der Waals surface area contributed by atoms with Crippen LogP contribution in [0.4, 0.5) is 0 Å². The average molecular weight is 361 g/mol. The molecule has 0 spiro atoms. The standard InChI is InChI=1S/C19H20N2O3.ClH/c1-23-19(22)16(20)10-14-11-21-18-15(14)8-5-9-17(18)24-12-13-6-3-2-4-7-13;/h2-9,11,16,21H,10,12,20H2,1H3;1H. The number of halogens is 1. The van der Waals surface area contributed by atoms with Gasteiger partial charge in [-0.1, -0.05) is 42.5 Å². The third-order valence-electron chi connectivity index (χ3n) is 3.94. The lowest BCUT2D eigenvalue weighted by Crippen LogP contribution is -2.33. The van der Waals surface area contributed by atoms with Gasteiger partial charge in [0.15, 0.2) is 0 Å². The molecule has 132 valence electrons. The molecule has 1 aromatic heterocycles. The molecule has 3 N–H and O–H groups in total. The van der Waals surface area contributed by atoms with Crippen LogP contribution in [0, 0.1) is 0 Å². The first-order chi connectivity index (χ1) is 11.7. The Kier molecular flexibility index (Phi) is 6.44. The maximum Gasteiger partial charge on any atom is 0.322 e. The van der Waals surface area contributed by atoms with Gasteiger partial charge in [0.25, 0.3) is 0 Å². The number of ether oxygens (including phenoxy) is 2. The van der Waals surface area contributed by atoms with Crippen LogP contribution in [0.3, 0.4) is 0 Å². The molecule has 5 nitrogen and oxygen atoms in total. The summed E-state index contributed by atoms with van der Waals surface area (Å²) in [7, 11) is 1.34. The lowest BCUT2D eigenvalue weighted by atomic mass is 10.1. The summed E-state index contributed by atoms with van der Waals surface area (Å²) in [5.41, 5.74) is 8.84. The maximum absolute atomic E-state index is 11.5. The van der Waals surface area contributed by atoms with Crippen molar-refractivity contribution in [3.05, 3.63) is 65.9 Å². The molecule has 0 aliphatic rings. The minimum Gasteiger partial charge on any atom is -0.487 e. The van der Waals surface area contributed by atoms with Crippen molar-refractivity contribution >= 4 is 29.3 Å². The van der Waals surface area contributed by atoms with Crippen molar-refractivity contribution in [1.82, 2.24) is 4.98 Å². The van der Waals surface area contributed by atoms with Gasteiger partial charge in [-0.15, -0.1) is 12.4 Å². The number of hydrogen-bond donors (Lipinski definition) is 2. The SMILES string of the molecule is COC(=O)C(N)Cc1c[nH]c2c(OCc3ccccc3)cccc12.Cl. The van der Waals surface area contributed by atoms with E-state index in [1.807, 2.05) is 54.7 Å². The molecule has 0 saturated heterocycles. The van der Waals surface area contributed by atoms with Crippen LogP contribution < -0.4 is 10.5 Å². The molecule has 0 saturated carbocycles. The van der Waals surface area contributed by atoms with Crippen molar-refractivity contribution in [2.24, 2.45) is 5.73 Å². The highest BCUT2D eigenvalue weighted by Crippen LogP contribution is 2.28. The van der Waals surface area contributed by atoms with E-state index in [4.69, 9.17) is 10.5 Å². The van der Waals surface area contributed by atoms with Crippen molar-refractivity contribution < 1.29 is 14.3 Å². The Labute approximate surface area is 152 Å². The zero-order valence-corrected chi connectivity index (χ0v) is 14.7. The van der Waals surface area contributed by atoms with E-state index in [-0.39, 0.29) is 12.4 Å². The first-order valence-electron chi connectivity index (χ1n) is 7.78. The number of carbonyl (C=O) groups is 1. The van der Waals surface area contributed by atoms with Gasteiger partial charge in [0.05, 0.1) is 12.6 Å². The fourth-order valence-corrected chi connectivity index (χ4v) is 2.68. The smallest absolute Gasteiger partial charge is 0.322 e. The first-order valence-corrected chi connectivity index (χ1v) is 7.78. The fraction of sp³-hybridized carbons (Fsp3) is 0.211. The molecular weight excluding hydrogens is 340 g/mol. The minimum absolute atomic E-state index is 0. The van der Waals surface area contributed by atoms with Gasteiger partial charge in [-0.05, 0) is 17.2 Å². The number of H-pyrrole nitrogens is 1. The van der Waals surface area contributed by atoms with Crippen LogP contribution in [0.2, 0.25) is 0 Å². The number of carbonyl (C=O) groups excluding carboxylic acids is 1. The van der Waals surface area contributed by atoms with Gasteiger partial charge in [0.1, 0.15) is 18.4 Å². The van der Waals surface area contributed by atoms with Gasteiger partial charge in [0.2, 0.25) is 0 Å². The number of aromatic nitrogens is 1. The third-order valence-corrected chi connectivity index (χ3v) is 3.94. The minimum atomic E-state index is -0.678. The predicted octanol–water partition coefficient (Wildman–Crippen LogP) is 3.21. The summed E-state index contributed by atoms with van der Waals surface area (Å²) in [4.78, 5) is 14.7. The Balaban J connectivity index is 0.00000225. The van der Waals surface area contributed by atoms with E-state index in [2.05, 4.69) is 9.72 Å². The first kappa shape index (κ1) is 18.8. The molecule has 3 aromatic rings. The highest BCUT2D eigenvalue weighted by molar-refractivity contribution is 5.89. The van der Waals surface area contributed by atoms with Crippen LogP contribution in [0.5, 0.6) is 5.75 Å². The molecule has 0 bridgehead atoms. The summed E-state index contributed by atoms with van der Waals surface area (Å²) in [5.74, 6) is 0.357. The van der Waals surface area contributed by atoms with Gasteiger partial charge in [-0.3, -0.25) is 4.79 Å². The Morgan fingerprint density at radius 2 is 1.92 bits per heavy atom. The van der Waals surface area contributed by atoms with Crippen molar-refractivity contribution in [2.45, 2.75) is 19.1 Å². The summed E-state index contributed by atoms with van der Waals surface area (Å²) in [6.07, 6.45) is 2.28. The average Bonchev–Trinajstić information content (AvgIpc) is 3.03. The van der Waals surface area contributed by atoms with Gasteiger partial charge < -0.3 is 20.2 Å². The molecule has 1 heterocycles. The Morgan fingerprint density at radius 1 is 1.16 bits per heavy atom. The number of methoxy groups -OCH3 is 1. The van der Waals surface area contributed by atoms with E-state index in [0.717, 1.165) is 27.8 Å². The number of fused-ring (bicyclic) bond motifs is 1. The van der Waals surface area contributed by atoms with E-state index in [1.165, 1.54) is 7.11 Å². The van der Waals surface area contributed by atoms with E-state index < -0.39 is 12.0 Å². The Hall–Kier alpha value is -2.50. The number of nitrogens with two attached hydrogens (primary N) is 1. The third kappa shape index (κ3) is 4.32. The summed E-state index contributed by atoms with van der Waals surface area (Å²) < 4.78 is 10.6. The van der Waals surface area contributed by atoms with Crippen molar-refractivity contribution in [3.8, 4) is 5.75 Å². The second-order valence-corrected chi connectivity index (χ2v) is 5.60. The van der Waals surface area contributed by atoms with Crippen LogP contribution in [0.15, 0.2) is 54.7 Å². The highest BCUT2D eigenvalue weighted by Gasteiger charge is 2.17. The summed E-state index contributed by atoms with van der Waals surface area (Å²) in [6.45, 7) is 0.496. The number of hydrogen-bond acceptors (Lipinski definition) is 4. The molecule has 0 fully saturated rings. The molecule has 1 atom stereocenters. The van der Waals surface area contributed by atoms with Crippen LogP contribution in [0.1, 0.15) is 11.1 Å². The molecule has 6 heteroatoms. The van der Waals surface area contributed by atoms with Gasteiger partial charge in [-0.25, -0.2) is 0 Å². The van der Waals surface area contributed by atoms with Crippen LogP contribution >= 0.6 is 12.4 Å². The zero-order chi connectivity index (χ0) is 16.9. The van der Waals surface area contributed by atoms with Gasteiger partial charge in [0, 0.05) is 18.0 Å². The second-order valence-electron chi connectivity index (χ2n) is 5.60. The van der Waals surface area contributed by atoms with E-state index in [1.54, 1.807) is 0 Å². The summed E-state index contributed by atoms with van der Waals surface area (Å²) in [6, 6.07) is 15.2. The normalized spacial score (nSPS) is 11.6. The molecule has 0 radical (unpaired) electrons. The van der Waals surface area contributed by atoms with Crippen LogP contribution in [-0.2, 0) is 22.6 Å². The van der Waals surface area contributed by atoms with E-state index in [9.17, 15) is 4.79 Å². The van der Waals surface area contributed by atoms with Gasteiger partial charge >= 0.3 is 5.97 Å². The maximum atomic E-state index is 11.5. The molecule has 0 aliphatic carbocycles. The Bertz CT molecular complexity index is 833. The second kappa shape index (κ2) is 8.55. The molecule has 2 aromatic carbocycles. The fourth-order valence-electron chi connectivity index (χ4n) is 2.68. The molecular formula is C19H21ClN2O3. The molecule has 3 rings (SSSR count). The van der Waals surface area contributed by atoms with E-state index >= 15 is 0 Å². The molecule has 0 amide bonds. The number of rotatable bonds is 6. The number of benzene rings is 2. The summed E-state index contributed by atoms with van der Waals surface area (Å²) in [5, 5.41) is 1.000. The zero-order valence-electron chi connectivity index (χ0n) is 13.9. The van der Waals surface area contributed by atoms with Crippen LogP contribution in [0.25, 0.3) is 10.9 Å². The lowest BCUT2D eigenvalue weighted by Gasteiger charge is -2.09. The topological polar surface area (TPSA) is 77.3 Å². The molecule has 25 heavy (non-hydrogen) atoms. The van der Waals surface area contributed by atoms with Crippen molar-refractivity contribution in [1.29, 1.82) is 0 Å². The largest absolute Gasteiger partial charge is 0.487 e. The van der Waals surface area contributed by atoms with Crippen molar-refractivity contribution in [3.63, 3.8) is 0 Å². The van der Waals surface area contributed by atoms with Gasteiger partial charge in [-0.2, -0.15) is 0 Å². The van der Waals surface area contributed by atoms with E-state index in [0.29, 0.717) is 13.0 Å². The monoisotopic (exact) mass is 360 g/mol.